The van der Waals surface area contributed by atoms with Gasteiger partial charge in [-0.1, -0.05) is 60.7 Å². The molecule has 2 aromatic carbocycles. The number of hydrogen-bond acceptors (Lipinski definition) is 2. The molecule has 3 heteroatoms. The molecule has 0 amide bonds. The molecule has 1 atom stereocenters. The van der Waals surface area contributed by atoms with Crippen molar-refractivity contribution in [3.63, 3.8) is 0 Å². The molecule has 0 bridgehead atoms. The van der Waals surface area contributed by atoms with Crippen molar-refractivity contribution in [2.45, 2.75) is 39.6 Å². The van der Waals surface area contributed by atoms with Crippen LogP contribution in [0.15, 0.2) is 60.7 Å². The van der Waals surface area contributed by atoms with Crippen LogP contribution in [0, 0.1) is 0 Å². The molecule has 0 aromatic heterocycles. The molecule has 0 fully saturated rings. The van der Waals surface area contributed by atoms with E-state index in [9.17, 15) is 4.79 Å². The van der Waals surface area contributed by atoms with Gasteiger partial charge in [0.2, 0.25) is 0 Å². The lowest BCUT2D eigenvalue weighted by Gasteiger charge is -2.23. The standard InChI is InChI=1S/C11H18OSi.C8H8O/c1-10(12-13(2,3)4)11-8-6-5-7-9-11;1-7(9)8-5-3-2-4-6-8/h5-10H,1-4H3;2-6H,1H3. The van der Waals surface area contributed by atoms with E-state index >= 15 is 0 Å². The summed E-state index contributed by atoms with van der Waals surface area (Å²) >= 11 is 0. The predicted molar refractivity (Wildman–Crippen MR) is 95.7 cm³/mol. The van der Waals surface area contributed by atoms with E-state index in [-0.39, 0.29) is 11.9 Å². The van der Waals surface area contributed by atoms with Crippen LogP contribution in [0.25, 0.3) is 0 Å². The first kappa shape index (κ1) is 18.3. The van der Waals surface area contributed by atoms with Gasteiger partial charge in [0.05, 0.1) is 6.10 Å². The Bertz CT molecular complexity index is 559. The molecule has 0 aliphatic rings. The molecule has 0 saturated carbocycles. The summed E-state index contributed by atoms with van der Waals surface area (Å²) in [6, 6.07) is 19.6. The molecule has 0 N–H and O–H groups in total. The van der Waals surface area contributed by atoms with Gasteiger partial charge in [-0.05, 0) is 39.1 Å². The second-order valence-electron chi connectivity index (χ2n) is 6.21. The summed E-state index contributed by atoms with van der Waals surface area (Å²) in [7, 11) is -1.40. The first-order valence-corrected chi connectivity index (χ1v) is 11.0. The van der Waals surface area contributed by atoms with E-state index in [1.807, 2.05) is 36.4 Å². The average molecular weight is 315 g/mol. The lowest BCUT2D eigenvalue weighted by Crippen LogP contribution is -2.26. The van der Waals surface area contributed by atoms with Crippen LogP contribution in [0.2, 0.25) is 19.6 Å². The van der Waals surface area contributed by atoms with Gasteiger partial charge < -0.3 is 4.43 Å². The van der Waals surface area contributed by atoms with Crippen molar-refractivity contribution >= 4 is 14.1 Å². The Kier molecular flexibility index (Phi) is 7.22. The largest absolute Gasteiger partial charge is 0.411 e. The third-order valence-electron chi connectivity index (χ3n) is 2.98. The Morgan fingerprint density at radius 1 is 0.909 bits per heavy atom. The quantitative estimate of drug-likeness (QED) is 0.551. The summed E-state index contributed by atoms with van der Waals surface area (Å²) in [6.45, 7) is 10.3. The molecule has 1 unspecified atom stereocenters. The van der Waals surface area contributed by atoms with Crippen LogP contribution in [-0.2, 0) is 4.43 Å². The van der Waals surface area contributed by atoms with Crippen LogP contribution in [0.4, 0.5) is 0 Å². The van der Waals surface area contributed by atoms with Crippen LogP contribution in [0.1, 0.15) is 35.9 Å². The van der Waals surface area contributed by atoms with Gasteiger partial charge in [0.25, 0.3) is 0 Å². The number of carbonyl (C=O) groups excluding carboxylic acids is 1. The van der Waals surface area contributed by atoms with Crippen molar-refractivity contribution in [1.82, 2.24) is 0 Å². The van der Waals surface area contributed by atoms with Crippen molar-refractivity contribution in [3.05, 3.63) is 71.8 Å². The van der Waals surface area contributed by atoms with Gasteiger partial charge in [-0.15, -0.1) is 0 Å². The van der Waals surface area contributed by atoms with Gasteiger partial charge in [0, 0.05) is 5.56 Å². The van der Waals surface area contributed by atoms with Crippen LogP contribution >= 0.6 is 0 Å². The normalized spacial score (nSPS) is 12.0. The minimum Gasteiger partial charge on any atom is -0.411 e. The lowest BCUT2D eigenvalue weighted by molar-refractivity contribution is 0.101. The Hall–Kier alpha value is -1.71. The summed E-state index contributed by atoms with van der Waals surface area (Å²) in [5, 5.41) is 0. The van der Waals surface area contributed by atoms with E-state index in [2.05, 4.69) is 50.8 Å². The number of ketones is 1. The first-order chi connectivity index (χ1) is 10.3. The second-order valence-corrected chi connectivity index (χ2v) is 10.7. The van der Waals surface area contributed by atoms with Crippen molar-refractivity contribution in [2.75, 3.05) is 0 Å². The molecule has 0 spiro atoms. The molecule has 2 rings (SSSR count). The van der Waals surface area contributed by atoms with Crippen LogP contribution in [-0.4, -0.2) is 14.1 Å². The predicted octanol–water partition coefficient (Wildman–Crippen LogP) is 5.49. The maximum Gasteiger partial charge on any atom is 0.184 e. The molecule has 0 saturated heterocycles. The molecule has 0 heterocycles. The molecule has 2 nitrogen and oxygen atoms in total. The Morgan fingerprint density at radius 2 is 1.36 bits per heavy atom. The van der Waals surface area contributed by atoms with Crippen LogP contribution in [0.3, 0.4) is 0 Å². The van der Waals surface area contributed by atoms with Crippen molar-refractivity contribution in [1.29, 1.82) is 0 Å². The fourth-order valence-electron chi connectivity index (χ4n) is 2.00. The monoisotopic (exact) mass is 314 g/mol. The molecule has 0 aliphatic heterocycles. The highest BCUT2D eigenvalue weighted by molar-refractivity contribution is 6.69. The van der Waals surface area contributed by atoms with E-state index in [0.717, 1.165) is 5.56 Å². The third-order valence-corrected chi connectivity index (χ3v) is 4.04. The highest BCUT2D eigenvalue weighted by Crippen LogP contribution is 2.20. The zero-order valence-corrected chi connectivity index (χ0v) is 15.2. The number of Topliss-reactive ketones (excluding diaryl/α,β-unsaturated/α-hetero) is 1. The molecular weight excluding hydrogens is 288 g/mol. The maximum atomic E-state index is 10.6. The Morgan fingerprint density at radius 3 is 1.73 bits per heavy atom. The minimum absolute atomic E-state index is 0.121. The molecular formula is C19H26O2Si. The number of rotatable bonds is 4. The average Bonchev–Trinajstić information content (AvgIpc) is 2.48. The van der Waals surface area contributed by atoms with Gasteiger partial charge >= 0.3 is 0 Å². The Labute approximate surface area is 135 Å². The van der Waals surface area contributed by atoms with Gasteiger partial charge in [0.15, 0.2) is 14.1 Å². The van der Waals surface area contributed by atoms with E-state index in [0.29, 0.717) is 0 Å². The molecule has 22 heavy (non-hydrogen) atoms. The van der Waals surface area contributed by atoms with Crippen molar-refractivity contribution in [3.8, 4) is 0 Å². The number of hydrogen-bond donors (Lipinski definition) is 0. The first-order valence-electron chi connectivity index (χ1n) is 7.58. The molecule has 0 radical (unpaired) electrons. The Balaban J connectivity index is 0.000000235. The van der Waals surface area contributed by atoms with Gasteiger partial charge in [-0.2, -0.15) is 0 Å². The van der Waals surface area contributed by atoms with Gasteiger partial charge in [-0.25, -0.2) is 0 Å². The summed E-state index contributed by atoms with van der Waals surface area (Å²) < 4.78 is 5.96. The SMILES string of the molecule is CC(=O)c1ccccc1.CC(O[Si](C)(C)C)c1ccccc1. The zero-order valence-electron chi connectivity index (χ0n) is 14.2. The second kappa shape index (κ2) is 8.66. The smallest absolute Gasteiger partial charge is 0.184 e. The zero-order chi connectivity index (χ0) is 16.6. The summed E-state index contributed by atoms with van der Waals surface area (Å²) in [4.78, 5) is 10.6. The van der Waals surface area contributed by atoms with Crippen molar-refractivity contribution < 1.29 is 9.22 Å². The molecule has 2 aromatic rings. The van der Waals surface area contributed by atoms with Gasteiger partial charge in [-0.3, -0.25) is 4.79 Å². The highest BCUT2D eigenvalue weighted by atomic mass is 28.4. The number of benzene rings is 2. The third kappa shape index (κ3) is 7.34. The van der Waals surface area contributed by atoms with E-state index < -0.39 is 8.32 Å². The molecule has 0 aliphatic carbocycles. The van der Waals surface area contributed by atoms with Crippen molar-refractivity contribution in [2.24, 2.45) is 0 Å². The fraction of sp³-hybridized carbons (Fsp3) is 0.316. The molecule has 118 valence electrons. The fourth-order valence-corrected chi connectivity index (χ4v) is 3.19. The van der Waals surface area contributed by atoms with Gasteiger partial charge in [0.1, 0.15) is 0 Å². The minimum atomic E-state index is -1.40. The maximum absolute atomic E-state index is 10.6. The van der Waals surface area contributed by atoms with Crippen LogP contribution < -0.4 is 0 Å². The van der Waals surface area contributed by atoms with E-state index in [1.54, 1.807) is 6.92 Å². The number of carbonyl (C=O) groups is 1. The van der Waals surface area contributed by atoms with E-state index in [1.165, 1.54) is 5.56 Å². The topological polar surface area (TPSA) is 26.3 Å². The lowest BCUT2D eigenvalue weighted by atomic mass is 10.1. The summed E-state index contributed by atoms with van der Waals surface area (Å²) in [5.74, 6) is 0.121. The van der Waals surface area contributed by atoms with E-state index in [4.69, 9.17) is 4.43 Å². The summed E-state index contributed by atoms with van der Waals surface area (Å²) in [6.07, 6.45) is 0.230. The summed E-state index contributed by atoms with van der Waals surface area (Å²) in [5.41, 5.74) is 2.04. The van der Waals surface area contributed by atoms with Crippen LogP contribution in [0.5, 0.6) is 0 Å². The highest BCUT2D eigenvalue weighted by Gasteiger charge is 2.18.